The molecule has 0 saturated heterocycles. The number of nitrogens with one attached hydrogen (secondary N) is 1. The lowest BCUT2D eigenvalue weighted by Crippen LogP contribution is -2.36. The second kappa shape index (κ2) is 5.02. The van der Waals surface area contributed by atoms with Gasteiger partial charge in [0, 0.05) is 19.2 Å². The van der Waals surface area contributed by atoms with Crippen molar-refractivity contribution in [3.05, 3.63) is 39.7 Å². The fourth-order valence-electron chi connectivity index (χ4n) is 2.27. The fourth-order valence-corrected chi connectivity index (χ4v) is 2.27. The zero-order valence-corrected chi connectivity index (χ0v) is 10.4. The number of halogens is 1. The van der Waals surface area contributed by atoms with Crippen molar-refractivity contribution in [3.63, 3.8) is 0 Å². The highest BCUT2D eigenvalue weighted by molar-refractivity contribution is 5.34. The summed E-state index contributed by atoms with van der Waals surface area (Å²) in [5.41, 5.74) is 0.644. The standard InChI is InChI=1S/C13H17FN2O2/c1-13(5-2-6-13)9-15-8-10-3-4-12(16(17)18)11(14)7-10/h3-4,7,15H,2,5-6,8-9H2,1H3. The van der Waals surface area contributed by atoms with Crippen LogP contribution in [-0.2, 0) is 6.54 Å². The van der Waals surface area contributed by atoms with E-state index in [4.69, 9.17) is 0 Å². The summed E-state index contributed by atoms with van der Waals surface area (Å²) in [5, 5.41) is 13.8. The second-order valence-electron chi connectivity index (χ2n) is 5.31. The van der Waals surface area contributed by atoms with Gasteiger partial charge in [-0.2, -0.15) is 4.39 Å². The number of rotatable bonds is 5. The molecular weight excluding hydrogens is 235 g/mol. The maximum atomic E-state index is 13.4. The van der Waals surface area contributed by atoms with Crippen LogP contribution in [-0.4, -0.2) is 11.5 Å². The monoisotopic (exact) mass is 252 g/mol. The molecule has 18 heavy (non-hydrogen) atoms. The van der Waals surface area contributed by atoms with Gasteiger partial charge >= 0.3 is 5.69 Å². The number of benzene rings is 1. The molecule has 1 saturated carbocycles. The minimum atomic E-state index is -0.769. The van der Waals surface area contributed by atoms with Gasteiger partial charge in [-0.25, -0.2) is 0 Å². The van der Waals surface area contributed by atoms with Crippen LogP contribution in [0.3, 0.4) is 0 Å². The van der Waals surface area contributed by atoms with Crippen LogP contribution >= 0.6 is 0 Å². The third kappa shape index (κ3) is 2.85. The molecule has 0 radical (unpaired) electrons. The molecule has 1 aliphatic carbocycles. The van der Waals surface area contributed by atoms with Gasteiger partial charge in [-0.1, -0.05) is 19.4 Å². The molecule has 0 spiro atoms. The van der Waals surface area contributed by atoms with Crippen molar-refractivity contribution in [2.24, 2.45) is 5.41 Å². The largest absolute Gasteiger partial charge is 0.312 e. The van der Waals surface area contributed by atoms with Crippen LogP contribution in [0.5, 0.6) is 0 Å². The van der Waals surface area contributed by atoms with Crippen molar-refractivity contribution < 1.29 is 9.31 Å². The first kappa shape index (κ1) is 13.0. The Bertz CT molecular complexity index is 458. The van der Waals surface area contributed by atoms with Gasteiger partial charge in [-0.05, 0) is 29.9 Å². The summed E-state index contributed by atoms with van der Waals surface area (Å²) in [6.07, 6.45) is 3.74. The van der Waals surface area contributed by atoms with Crippen LogP contribution in [0.15, 0.2) is 18.2 Å². The highest BCUT2D eigenvalue weighted by Crippen LogP contribution is 2.39. The molecule has 1 aliphatic rings. The van der Waals surface area contributed by atoms with Crippen LogP contribution in [0, 0.1) is 21.3 Å². The first-order valence-corrected chi connectivity index (χ1v) is 6.14. The Morgan fingerprint density at radius 1 is 1.50 bits per heavy atom. The average Bonchev–Trinajstić information content (AvgIpc) is 2.26. The highest BCUT2D eigenvalue weighted by Gasteiger charge is 2.30. The van der Waals surface area contributed by atoms with E-state index in [0.717, 1.165) is 12.1 Å². The SMILES string of the molecule is CC1(CNCc2ccc([N+](=O)[O-])c(F)c2)CCC1. The summed E-state index contributed by atoms with van der Waals surface area (Å²) in [7, 11) is 0. The summed E-state index contributed by atoms with van der Waals surface area (Å²) in [6.45, 7) is 3.69. The van der Waals surface area contributed by atoms with Gasteiger partial charge in [-0.15, -0.1) is 0 Å². The summed E-state index contributed by atoms with van der Waals surface area (Å²) in [5.74, 6) is -0.769. The van der Waals surface area contributed by atoms with Gasteiger partial charge < -0.3 is 5.32 Å². The number of nitrogens with zero attached hydrogens (tertiary/aromatic N) is 1. The quantitative estimate of drug-likeness (QED) is 0.647. The molecule has 1 aromatic carbocycles. The van der Waals surface area contributed by atoms with E-state index < -0.39 is 16.4 Å². The van der Waals surface area contributed by atoms with Crippen LogP contribution in [0.1, 0.15) is 31.7 Å². The minimum absolute atomic E-state index is 0.374. The number of nitro benzene ring substituents is 1. The highest BCUT2D eigenvalue weighted by atomic mass is 19.1. The maximum Gasteiger partial charge on any atom is 0.304 e. The number of hydrogen-bond acceptors (Lipinski definition) is 3. The van der Waals surface area contributed by atoms with Crippen LogP contribution in [0.25, 0.3) is 0 Å². The van der Waals surface area contributed by atoms with Crippen molar-refractivity contribution in [1.82, 2.24) is 5.32 Å². The third-order valence-corrected chi connectivity index (χ3v) is 3.65. The molecule has 0 aromatic heterocycles. The van der Waals surface area contributed by atoms with Crippen molar-refractivity contribution in [2.45, 2.75) is 32.7 Å². The van der Waals surface area contributed by atoms with Gasteiger partial charge in [-0.3, -0.25) is 10.1 Å². The smallest absolute Gasteiger partial charge is 0.304 e. The maximum absolute atomic E-state index is 13.4. The van der Waals surface area contributed by atoms with Crippen LogP contribution in [0.2, 0.25) is 0 Å². The predicted molar refractivity (Wildman–Crippen MR) is 66.7 cm³/mol. The average molecular weight is 252 g/mol. The Morgan fingerprint density at radius 3 is 2.72 bits per heavy atom. The summed E-state index contributed by atoms with van der Waals surface area (Å²) in [4.78, 5) is 9.77. The lowest BCUT2D eigenvalue weighted by molar-refractivity contribution is -0.387. The second-order valence-corrected chi connectivity index (χ2v) is 5.31. The van der Waals surface area contributed by atoms with E-state index in [1.54, 1.807) is 6.07 Å². The molecule has 5 heteroatoms. The van der Waals surface area contributed by atoms with E-state index in [1.165, 1.54) is 31.4 Å². The zero-order valence-electron chi connectivity index (χ0n) is 10.4. The Kier molecular flexibility index (Phi) is 3.61. The molecule has 98 valence electrons. The molecule has 0 atom stereocenters. The van der Waals surface area contributed by atoms with Crippen molar-refractivity contribution in [3.8, 4) is 0 Å². The first-order valence-electron chi connectivity index (χ1n) is 6.14. The van der Waals surface area contributed by atoms with Gasteiger partial charge in [0.15, 0.2) is 0 Å². The number of hydrogen-bond donors (Lipinski definition) is 1. The Balaban J connectivity index is 1.90. The summed E-state index contributed by atoms with van der Waals surface area (Å²) in [6, 6.07) is 4.04. The van der Waals surface area contributed by atoms with Gasteiger partial charge in [0.05, 0.1) is 4.92 Å². The first-order chi connectivity index (χ1) is 8.50. The molecule has 4 nitrogen and oxygen atoms in total. The number of nitro groups is 1. The van der Waals surface area contributed by atoms with Gasteiger partial charge in [0.25, 0.3) is 0 Å². The summed E-state index contributed by atoms with van der Waals surface area (Å²) >= 11 is 0. The Labute approximate surface area is 105 Å². The van der Waals surface area contributed by atoms with E-state index in [0.29, 0.717) is 12.0 Å². The van der Waals surface area contributed by atoms with E-state index in [1.807, 2.05) is 0 Å². The molecule has 0 unspecified atom stereocenters. The lowest BCUT2D eigenvalue weighted by Gasteiger charge is -2.38. The van der Waals surface area contributed by atoms with Gasteiger partial charge in [0.1, 0.15) is 0 Å². The molecule has 0 amide bonds. The molecule has 0 bridgehead atoms. The van der Waals surface area contributed by atoms with Crippen molar-refractivity contribution in [2.75, 3.05) is 6.54 Å². The minimum Gasteiger partial charge on any atom is -0.312 e. The normalized spacial score (nSPS) is 17.2. The van der Waals surface area contributed by atoms with E-state index in [9.17, 15) is 14.5 Å². The summed E-state index contributed by atoms with van der Waals surface area (Å²) < 4.78 is 13.4. The van der Waals surface area contributed by atoms with Crippen molar-refractivity contribution in [1.29, 1.82) is 0 Å². The van der Waals surface area contributed by atoms with E-state index >= 15 is 0 Å². The molecule has 1 fully saturated rings. The Hall–Kier alpha value is -1.49. The van der Waals surface area contributed by atoms with Crippen LogP contribution in [0.4, 0.5) is 10.1 Å². The Morgan fingerprint density at radius 2 is 2.22 bits per heavy atom. The van der Waals surface area contributed by atoms with Crippen molar-refractivity contribution >= 4 is 5.69 Å². The molecule has 1 aromatic rings. The van der Waals surface area contributed by atoms with Crippen LogP contribution < -0.4 is 5.32 Å². The predicted octanol–water partition coefficient (Wildman–Crippen LogP) is 3.01. The molecule has 0 heterocycles. The van der Waals surface area contributed by atoms with E-state index in [-0.39, 0.29) is 0 Å². The third-order valence-electron chi connectivity index (χ3n) is 3.65. The molecule has 2 rings (SSSR count). The topological polar surface area (TPSA) is 55.2 Å². The lowest BCUT2D eigenvalue weighted by atomic mass is 9.70. The molecule has 0 aliphatic heterocycles. The molecule has 1 N–H and O–H groups in total. The fraction of sp³-hybridized carbons (Fsp3) is 0.538. The molecular formula is C13H17FN2O2. The zero-order chi connectivity index (χ0) is 13.2. The van der Waals surface area contributed by atoms with E-state index in [2.05, 4.69) is 12.2 Å². The van der Waals surface area contributed by atoms with Gasteiger partial charge in [0.2, 0.25) is 5.82 Å².